The Morgan fingerprint density at radius 1 is 1.62 bits per heavy atom. The number of hydrogen-bond acceptors (Lipinski definition) is 3. The molecular weight excluding hydrogens is 293 g/mol. The summed E-state index contributed by atoms with van der Waals surface area (Å²) in [5, 5.41) is 8.91. The summed E-state index contributed by atoms with van der Waals surface area (Å²) in [4.78, 5) is 11.2. The van der Waals surface area contributed by atoms with Crippen molar-refractivity contribution in [1.82, 2.24) is 0 Å². The van der Waals surface area contributed by atoms with Crippen molar-refractivity contribution < 1.29 is 9.53 Å². The van der Waals surface area contributed by atoms with Gasteiger partial charge in [-0.05, 0) is 33.1 Å². The molecule has 0 heterocycles. The zero-order valence-electron chi connectivity index (χ0n) is 8.59. The second kappa shape index (κ2) is 5.88. The van der Waals surface area contributed by atoms with Gasteiger partial charge in [0, 0.05) is 10.4 Å². The lowest BCUT2D eigenvalue weighted by Crippen LogP contribution is -2.06. The molecule has 0 radical (unpaired) electrons. The van der Waals surface area contributed by atoms with Crippen LogP contribution < -0.4 is 0 Å². The Balaban J connectivity index is 3.17. The van der Waals surface area contributed by atoms with Gasteiger partial charge in [0.25, 0.3) is 0 Å². The summed E-state index contributed by atoms with van der Waals surface area (Å²) < 4.78 is 5.20. The fraction of sp³-hybridized carbons (Fsp3) is 0.273. The van der Waals surface area contributed by atoms with Gasteiger partial charge in [-0.1, -0.05) is 6.07 Å². The third-order valence-electron chi connectivity index (χ3n) is 2.04. The van der Waals surface area contributed by atoms with Gasteiger partial charge < -0.3 is 4.74 Å². The summed E-state index contributed by atoms with van der Waals surface area (Å²) in [7, 11) is 1.33. The Morgan fingerprint density at radius 2 is 2.31 bits per heavy atom. The Kier molecular flexibility index (Phi) is 4.78. The minimum atomic E-state index is -0.351. The highest BCUT2D eigenvalue weighted by Gasteiger charge is 2.12. The molecule has 1 aromatic carbocycles. The zero-order valence-corrected chi connectivity index (χ0v) is 10.9. The van der Waals surface area contributed by atoms with Crippen LogP contribution in [0.5, 0.6) is 0 Å². The van der Waals surface area contributed by atoms with E-state index in [2.05, 4.69) is 20.7 Å². The van der Waals surface area contributed by atoms with Crippen LogP contribution in [0.1, 0.15) is 16.7 Å². The van der Waals surface area contributed by atoms with Gasteiger partial charge in [-0.25, -0.2) is 0 Å². The summed E-state index contributed by atoms with van der Waals surface area (Å²) in [6.45, 7) is 0. The topological polar surface area (TPSA) is 50.1 Å². The zero-order chi connectivity index (χ0) is 12.1. The van der Waals surface area contributed by atoms with Crippen LogP contribution in [0.25, 0.3) is 0 Å². The number of hydrogen-bond donors (Lipinski definition) is 0. The second-order valence-electron chi connectivity index (χ2n) is 3.11. The lowest BCUT2D eigenvalue weighted by atomic mass is 10.0. The van der Waals surface area contributed by atoms with E-state index in [0.717, 1.165) is 5.56 Å². The highest BCUT2D eigenvalue weighted by molar-refractivity contribution is 9.10. The number of rotatable bonds is 3. The van der Waals surface area contributed by atoms with Crippen LogP contribution in [-0.4, -0.2) is 13.1 Å². The quantitative estimate of drug-likeness (QED) is 0.637. The second-order valence-corrected chi connectivity index (χ2v) is 4.18. The SMILES string of the molecule is COC(=O)Cc1cc(CCl)cc(C#N)c1Br. The van der Waals surface area contributed by atoms with Crippen molar-refractivity contribution in [3.8, 4) is 6.07 Å². The number of nitriles is 1. The molecule has 1 rings (SSSR count). The molecule has 0 atom stereocenters. The average Bonchev–Trinajstić information content (AvgIpc) is 2.31. The number of nitrogens with zero attached hydrogens (tertiary/aromatic N) is 1. The van der Waals surface area contributed by atoms with E-state index in [1.165, 1.54) is 7.11 Å². The molecule has 0 amide bonds. The Hall–Kier alpha value is -1.05. The molecule has 0 aromatic heterocycles. The van der Waals surface area contributed by atoms with Gasteiger partial charge in [0.05, 0.1) is 19.1 Å². The monoisotopic (exact) mass is 301 g/mol. The number of esters is 1. The van der Waals surface area contributed by atoms with Crippen LogP contribution >= 0.6 is 27.5 Å². The van der Waals surface area contributed by atoms with Crippen LogP contribution in [0.15, 0.2) is 16.6 Å². The first kappa shape index (κ1) is 13.0. The Bertz CT molecular complexity index is 454. The molecule has 0 fully saturated rings. The molecular formula is C11H9BrClNO2. The first-order valence-corrected chi connectivity index (χ1v) is 5.79. The highest BCUT2D eigenvalue weighted by Crippen LogP contribution is 2.25. The molecule has 16 heavy (non-hydrogen) atoms. The summed E-state index contributed by atoms with van der Waals surface area (Å²) in [5.41, 5.74) is 1.99. The van der Waals surface area contributed by atoms with Crippen LogP contribution in [0, 0.1) is 11.3 Å². The van der Waals surface area contributed by atoms with E-state index in [9.17, 15) is 4.79 Å². The molecule has 0 saturated carbocycles. The number of ether oxygens (including phenoxy) is 1. The summed E-state index contributed by atoms with van der Waals surface area (Å²) in [6.07, 6.45) is 0.122. The van der Waals surface area contributed by atoms with E-state index in [0.29, 0.717) is 21.5 Å². The fourth-order valence-electron chi connectivity index (χ4n) is 1.27. The minimum absolute atomic E-state index is 0.122. The predicted molar refractivity (Wildman–Crippen MR) is 64.1 cm³/mol. The predicted octanol–water partition coefficient (Wildman–Crippen LogP) is 2.78. The molecule has 0 spiro atoms. The van der Waals surface area contributed by atoms with Crippen molar-refractivity contribution in [3.05, 3.63) is 33.3 Å². The number of carbonyl (C=O) groups is 1. The van der Waals surface area contributed by atoms with Crippen molar-refractivity contribution in [2.24, 2.45) is 0 Å². The number of halogens is 2. The maximum absolute atomic E-state index is 11.2. The molecule has 5 heteroatoms. The van der Waals surface area contributed by atoms with E-state index in [1.807, 2.05) is 6.07 Å². The minimum Gasteiger partial charge on any atom is -0.469 e. The number of methoxy groups -OCH3 is 1. The fourth-order valence-corrected chi connectivity index (χ4v) is 1.88. The maximum atomic E-state index is 11.2. The molecule has 0 N–H and O–H groups in total. The summed E-state index contributed by atoms with van der Waals surface area (Å²) in [6, 6.07) is 5.52. The van der Waals surface area contributed by atoms with Crippen LogP contribution in [0.4, 0.5) is 0 Å². The van der Waals surface area contributed by atoms with Gasteiger partial charge in [-0.2, -0.15) is 5.26 Å². The highest BCUT2D eigenvalue weighted by atomic mass is 79.9. The average molecular weight is 303 g/mol. The van der Waals surface area contributed by atoms with E-state index in [4.69, 9.17) is 16.9 Å². The van der Waals surface area contributed by atoms with Crippen LogP contribution in [0.3, 0.4) is 0 Å². The lowest BCUT2D eigenvalue weighted by Gasteiger charge is -2.07. The molecule has 3 nitrogen and oxygen atoms in total. The molecule has 0 unspecified atom stereocenters. The van der Waals surface area contributed by atoms with Crippen LogP contribution in [-0.2, 0) is 21.8 Å². The molecule has 1 aromatic rings. The molecule has 0 aliphatic rings. The molecule has 0 saturated heterocycles. The third-order valence-corrected chi connectivity index (χ3v) is 3.29. The van der Waals surface area contributed by atoms with Crippen molar-refractivity contribution in [2.45, 2.75) is 12.3 Å². The number of benzene rings is 1. The summed E-state index contributed by atoms with van der Waals surface area (Å²) >= 11 is 9.00. The van der Waals surface area contributed by atoms with E-state index in [1.54, 1.807) is 12.1 Å². The van der Waals surface area contributed by atoms with Gasteiger partial charge in [-0.15, -0.1) is 11.6 Å². The number of alkyl halides is 1. The first-order chi connectivity index (χ1) is 7.62. The summed E-state index contributed by atoms with van der Waals surface area (Å²) in [5.74, 6) is -0.0489. The largest absolute Gasteiger partial charge is 0.469 e. The molecule has 0 aliphatic heterocycles. The number of carbonyl (C=O) groups excluding carboxylic acids is 1. The van der Waals surface area contributed by atoms with Gasteiger partial charge in [0.1, 0.15) is 6.07 Å². The first-order valence-electron chi connectivity index (χ1n) is 4.46. The van der Waals surface area contributed by atoms with E-state index in [-0.39, 0.29) is 12.4 Å². The molecule has 84 valence electrons. The van der Waals surface area contributed by atoms with Gasteiger partial charge in [-0.3, -0.25) is 4.79 Å². The van der Waals surface area contributed by atoms with Crippen molar-refractivity contribution >= 4 is 33.5 Å². The smallest absolute Gasteiger partial charge is 0.310 e. The van der Waals surface area contributed by atoms with Crippen LogP contribution in [0.2, 0.25) is 0 Å². The Morgan fingerprint density at radius 3 is 2.81 bits per heavy atom. The van der Waals surface area contributed by atoms with E-state index >= 15 is 0 Å². The molecule has 0 bridgehead atoms. The lowest BCUT2D eigenvalue weighted by molar-refractivity contribution is -0.139. The van der Waals surface area contributed by atoms with Gasteiger partial charge >= 0.3 is 5.97 Å². The van der Waals surface area contributed by atoms with Gasteiger partial charge in [0.15, 0.2) is 0 Å². The Labute approximate surface area is 107 Å². The van der Waals surface area contributed by atoms with Gasteiger partial charge in [0.2, 0.25) is 0 Å². The molecule has 0 aliphatic carbocycles. The van der Waals surface area contributed by atoms with Crippen molar-refractivity contribution in [2.75, 3.05) is 7.11 Å². The standard InChI is InChI=1S/C11H9BrClNO2/c1-16-10(15)4-8-2-7(5-13)3-9(6-14)11(8)12/h2-3H,4-5H2,1H3. The maximum Gasteiger partial charge on any atom is 0.310 e. The van der Waals surface area contributed by atoms with Crippen molar-refractivity contribution in [3.63, 3.8) is 0 Å². The normalized spacial score (nSPS) is 9.62. The van der Waals surface area contributed by atoms with E-state index < -0.39 is 0 Å². The van der Waals surface area contributed by atoms with Crippen molar-refractivity contribution in [1.29, 1.82) is 5.26 Å². The third kappa shape index (κ3) is 2.97.